The standard InChI is InChI=1S/C17H19NO4/c1-11(19)12-4-7-14(8-5-12)18-17(20)13-6-9-15(21-2)16(10-13)22-3/h4-11,19H,1-3H3,(H,18,20)/t11-/m1/s1. The average Bonchev–Trinajstić information content (AvgIpc) is 2.54. The fourth-order valence-corrected chi connectivity index (χ4v) is 2.03. The molecule has 0 unspecified atom stereocenters. The quantitative estimate of drug-likeness (QED) is 0.891. The maximum Gasteiger partial charge on any atom is 0.255 e. The predicted molar refractivity (Wildman–Crippen MR) is 84.6 cm³/mol. The maximum atomic E-state index is 12.2. The number of ether oxygens (including phenoxy) is 2. The maximum absolute atomic E-state index is 12.2. The zero-order valence-corrected chi connectivity index (χ0v) is 12.8. The molecule has 22 heavy (non-hydrogen) atoms. The van der Waals surface area contributed by atoms with Crippen molar-refractivity contribution in [2.75, 3.05) is 19.5 Å². The van der Waals surface area contributed by atoms with Crippen molar-refractivity contribution in [2.45, 2.75) is 13.0 Å². The van der Waals surface area contributed by atoms with Gasteiger partial charge in [-0.1, -0.05) is 12.1 Å². The highest BCUT2D eigenvalue weighted by atomic mass is 16.5. The first-order chi connectivity index (χ1) is 10.5. The van der Waals surface area contributed by atoms with Crippen molar-refractivity contribution in [1.82, 2.24) is 0 Å². The third-order valence-electron chi connectivity index (χ3n) is 3.30. The molecule has 116 valence electrons. The molecule has 0 radical (unpaired) electrons. The van der Waals surface area contributed by atoms with Crippen molar-refractivity contribution in [2.24, 2.45) is 0 Å². The molecule has 0 aromatic heterocycles. The molecule has 2 aromatic rings. The molecule has 0 saturated carbocycles. The van der Waals surface area contributed by atoms with Crippen LogP contribution >= 0.6 is 0 Å². The summed E-state index contributed by atoms with van der Waals surface area (Å²) in [7, 11) is 3.07. The molecule has 0 fully saturated rings. The van der Waals surface area contributed by atoms with Crippen molar-refractivity contribution < 1.29 is 19.4 Å². The fraction of sp³-hybridized carbons (Fsp3) is 0.235. The van der Waals surface area contributed by atoms with Crippen molar-refractivity contribution >= 4 is 11.6 Å². The predicted octanol–water partition coefficient (Wildman–Crippen LogP) is 3.01. The monoisotopic (exact) mass is 301 g/mol. The number of hydrogen-bond donors (Lipinski definition) is 2. The molecular formula is C17H19NO4. The van der Waals surface area contributed by atoms with Gasteiger partial charge in [0.05, 0.1) is 20.3 Å². The number of amides is 1. The van der Waals surface area contributed by atoms with Crippen LogP contribution in [-0.2, 0) is 0 Å². The number of anilines is 1. The average molecular weight is 301 g/mol. The molecule has 0 aliphatic rings. The van der Waals surface area contributed by atoms with Gasteiger partial charge in [0.25, 0.3) is 5.91 Å². The Labute approximate surface area is 129 Å². The van der Waals surface area contributed by atoms with Gasteiger partial charge in [-0.25, -0.2) is 0 Å². The van der Waals surface area contributed by atoms with Crippen LogP contribution in [0, 0.1) is 0 Å². The van der Waals surface area contributed by atoms with E-state index < -0.39 is 6.10 Å². The lowest BCUT2D eigenvalue weighted by molar-refractivity contribution is 0.102. The van der Waals surface area contributed by atoms with Gasteiger partial charge in [-0.3, -0.25) is 4.79 Å². The second-order valence-corrected chi connectivity index (χ2v) is 4.82. The van der Waals surface area contributed by atoms with Crippen LogP contribution in [0.25, 0.3) is 0 Å². The van der Waals surface area contributed by atoms with Crippen LogP contribution in [0.4, 0.5) is 5.69 Å². The molecule has 5 heteroatoms. The number of carbonyl (C=O) groups is 1. The van der Waals surface area contributed by atoms with Crippen LogP contribution in [-0.4, -0.2) is 25.2 Å². The molecule has 0 bridgehead atoms. The molecule has 2 rings (SSSR count). The van der Waals surface area contributed by atoms with E-state index in [1.165, 1.54) is 7.11 Å². The van der Waals surface area contributed by atoms with Crippen LogP contribution in [0.15, 0.2) is 42.5 Å². The lowest BCUT2D eigenvalue weighted by Gasteiger charge is -2.11. The third kappa shape index (κ3) is 3.56. The number of carbonyl (C=O) groups excluding carboxylic acids is 1. The smallest absolute Gasteiger partial charge is 0.255 e. The second-order valence-electron chi connectivity index (χ2n) is 4.82. The van der Waals surface area contributed by atoms with Crippen LogP contribution in [0.3, 0.4) is 0 Å². The number of methoxy groups -OCH3 is 2. The minimum absolute atomic E-state index is 0.245. The van der Waals surface area contributed by atoms with E-state index in [9.17, 15) is 9.90 Å². The summed E-state index contributed by atoms with van der Waals surface area (Å²) in [6.45, 7) is 1.69. The van der Waals surface area contributed by atoms with E-state index in [1.54, 1.807) is 56.5 Å². The van der Waals surface area contributed by atoms with Gasteiger partial charge in [-0.2, -0.15) is 0 Å². The van der Waals surface area contributed by atoms with Crippen LogP contribution < -0.4 is 14.8 Å². The van der Waals surface area contributed by atoms with E-state index in [0.717, 1.165) is 5.56 Å². The first-order valence-electron chi connectivity index (χ1n) is 6.86. The molecule has 0 spiro atoms. The summed E-state index contributed by atoms with van der Waals surface area (Å²) in [5.41, 5.74) is 1.92. The number of nitrogens with one attached hydrogen (secondary N) is 1. The van der Waals surface area contributed by atoms with Crippen LogP contribution in [0.5, 0.6) is 11.5 Å². The van der Waals surface area contributed by atoms with Gasteiger partial charge in [0, 0.05) is 11.3 Å². The highest BCUT2D eigenvalue weighted by Crippen LogP contribution is 2.28. The van der Waals surface area contributed by atoms with E-state index in [0.29, 0.717) is 22.7 Å². The Morgan fingerprint density at radius 3 is 2.23 bits per heavy atom. The Morgan fingerprint density at radius 2 is 1.68 bits per heavy atom. The number of aliphatic hydroxyl groups excluding tert-OH is 1. The zero-order chi connectivity index (χ0) is 16.1. The Bertz CT molecular complexity index is 650. The van der Waals surface area contributed by atoms with Crippen molar-refractivity contribution in [3.8, 4) is 11.5 Å². The van der Waals surface area contributed by atoms with E-state index >= 15 is 0 Å². The molecule has 0 saturated heterocycles. The molecule has 2 N–H and O–H groups in total. The minimum atomic E-state index is -0.532. The van der Waals surface area contributed by atoms with E-state index in [4.69, 9.17) is 9.47 Å². The van der Waals surface area contributed by atoms with Crippen LogP contribution in [0.1, 0.15) is 28.9 Å². The Balaban J connectivity index is 2.15. The molecule has 1 atom stereocenters. The summed E-state index contributed by atoms with van der Waals surface area (Å²) in [6.07, 6.45) is -0.532. The fourth-order valence-electron chi connectivity index (χ4n) is 2.03. The number of benzene rings is 2. The molecule has 1 amide bonds. The topological polar surface area (TPSA) is 67.8 Å². The van der Waals surface area contributed by atoms with Gasteiger partial charge < -0.3 is 19.9 Å². The molecule has 0 aliphatic carbocycles. The van der Waals surface area contributed by atoms with Crippen molar-refractivity contribution in [1.29, 1.82) is 0 Å². The van der Waals surface area contributed by atoms with E-state index in [2.05, 4.69) is 5.32 Å². The third-order valence-corrected chi connectivity index (χ3v) is 3.30. The summed E-state index contributed by atoms with van der Waals surface area (Å²) in [5.74, 6) is 0.825. The summed E-state index contributed by atoms with van der Waals surface area (Å²) < 4.78 is 10.3. The SMILES string of the molecule is COc1ccc(C(=O)Nc2ccc([C@@H](C)O)cc2)cc1OC. The normalized spacial score (nSPS) is 11.6. The van der Waals surface area contributed by atoms with Gasteiger partial charge in [0.15, 0.2) is 11.5 Å². The number of hydrogen-bond acceptors (Lipinski definition) is 4. The summed E-state index contributed by atoms with van der Waals surface area (Å²) in [4.78, 5) is 12.2. The highest BCUT2D eigenvalue weighted by Gasteiger charge is 2.11. The van der Waals surface area contributed by atoms with Gasteiger partial charge in [0.1, 0.15) is 0 Å². The number of rotatable bonds is 5. The largest absolute Gasteiger partial charge is 0.493 e. The lowest BCUT2D eigenvalue weighted by Crippen LogP contribution is -2.12. The van der Waals surface area contributed by atoms with Crippen LogP contribution in [0.2, 0.25) is 0 Å². The first kappa shape index (κ1) is 15.9. The number of aliphatic hydroxyl groups is 1. The molecule has 0 heterocycles. The van der Waals surface area contributed by atoms with Gasteiger partial charge >= 0.3 is 0 Å². The van der Waals surface area contributed by atoms with E-state index in [-0.39, 0.29) is 5.91 Å². The van der Waals surface area contributed by atoms with Gasteiger partial charge in [-0.15, -0.1) is 0 Å². The first-order valence-corrected chi connectivity index (χ1v) is 6.86. The zero-order valence-electron chi connectivity index (χ0n) is 12.8. The molecule has 0 aliphatic heterocycles. The highest BCUT2D eigenvalue weighted by molar-refractivity contribution is 6.04. The van der Waals surface area contributed by atoms with Crippen molar-refractivity contribution in [3.63, 3.8) is 0 Å². The molecule has 2 aromatic carbocycles. The summed E-state index contributed by atoms with van der Waals surface area (Å²) in [6, 6.07) is 12.0. The molecule has 5 nitrogen and oxygen atoms in total. The molecular weight excluding hydrogens is 282 g/mol. The van der Waals surface area contributed by atoms with Crippen molar-refractivity contribution in [3.05, 3.63) is 53.6 Å². The Hall–Kier alpha value is -2.53. The summed E-state index contributed by atoms with van der Waals surface area (Å²) in [5, 5.41) is 12.3. The van der Waals surface area contributed by atoms with E-state index in [1.807, 2.05) is 0 Å². The summed E-state index contributed by atoms with van der Waals surface area (Å²) >= 11 is 0. The van der Waals surface area contributed by atoms with Gasteiger partial charge in [0.2, 0.25) is 0 Å². The lowest BCUT2D eigenvalue weighted by atomic mass is 10.1. The minimum Gasteiger partial charge on any atom is -0.493 e. The Morgan fingerprint density at radius 1 is 1.05 bits per heavy atom. The second kappa shape index (κ2) is 6.95. The Kier molecular flexibility index (Phi) is 5.01. The van der Waals surface area contributed by atoms with Gasteiger partial charge in [-0.05, 0) is 42.8 Å².